The van der Waals surface area contributed by atoms with Gasteiger partial charge in [-0.2, -0.15) is 0 Å². The zero-order valence-electron chi connectivity index (χ0n) is 8.61. The van der Waals surface area contributed by atoms with E-state index in [2.05, 4.69) is 9.85 Å². The fourth-order valence-corrected chi connectivity index (χ4v) is 1.96. The van der Waals surface area contributed by atoms with Crippen molar-refractivity contribution in [3.05, 3.63) is 32.4 Å². The van der Waals surface area contributed by atoms with Crippen molar-refractivity contribution in [2.45, 2.75) is 6.92 Å². The molecule has 0 saturated carbocycles. The van der Waals surface area contributed by atoms with Gasteiger partial charge in [0.15, 0.2) is 0 Å². The lowest BCUT2D eigenvalue weighted by molar-refractivity contribution is -0.435. The molecule has 0 aliphatic rings. The standard InChI is InChI=1S/C9H7Cl3N2O3/c1-2-17-9(15)13-14(16)8-6(11)3-5(10)4-7(8)12/h3-4H,2H2,1H3. The molecule has 5 nitrogen and oxygen atoms in total. The number of nitrogens with zero attached hydrogens (tertiary/aromatic N) is 2. The maximum atomic E-state index is 11.5. The van der Waals surface area contributed by atoms with Crippen LogP contribution in [0.5, 0.6) is 0 Å². The summed E-state index contributed by atoms with van der Waals surface area (Å²) in [6, 6.07) is 2.63. The van der Waals surface area contributed by atoms with E-state index < -0.39 is 6.09 Å². The molecule has 0 aromatic heterocycles. The van der Waals surface area contributed by atoms with E-state index in [1.165, 1.54) is 12.1 Å². The van der Waals surface area contributed by atoms with Gasteiger partial charge in [0, 0.05) is 5.02 Å². The molecule has 0 fully saturated rings. The number of amides is 1. The molecule has 0 saturated heterocycles. The summed E-state index contributed by atoms with van der Waals surface area (Å²) in [5.41, 5.74) is -0.161. The summed E-state index contributed by atoms with van der Waals surface area (Å²) in [5, 5.41) is 14.9. The summed E-state index contributed by atoms with van der Waals surface area (Å²) in [4.78, 5) is 11.0. The highest BCUT2D eigenvalue weighted by Gasteiger charge is 2.19. The molecule has 0 aliphatic carbocycles. The highest BCUT2D eigenvalue weighted by atomic mass is 35.5. The van der Waals surface area contributed by atoms with Gasteiger partial charge < -0.3 is 9.94 Å². The smallest absolute Gasteiger partial charge is 0.492 e. The van der Waals surface area contributed by atoms with E-state index in [9.17, 15) is 10.0 Å². The van der Waals surface area contributed by atoms with Crippen molar-refractivity contribution in [1.29, 1.82) is 0 Å². The van der Waals surface area contributed by atoms with Gasteiger partial charge in [-0.3, -0.25) is 0 Å². The average molecular weight is 298 g/mol. The molecular formula is C9H7Cl3N2O3. The summed E-state index contributed by atoms with van der Waals surface area (Å²) in [5.74, 6) is 0. The lowest BCUT2D eigenvalue weighted by atomic mass is 10.3. The summed E-state index contributed by atoms with van der Waals surface area (Å²) >= 11 is 17.2. The lowest BCUT2D eigenvalue weighted by Gasteiger charge is -2.04. The number of carbonyl (C=O) groups is 1. The van der Waals surface area contributed by atoms with Gasteiger partial charge in [-0.05, 0) is 23.9 Å². The van der Waals surface area contributed by atoms with Crippen LogP contribution in [0.25, 0.3) is 0 Å². The number of halogens is 3. The van der Waals surface area contributed by atoms with Crippen LogP contribution in [-0.4, -0.2) is 17.6 Å². The first-order chi connectivity index (χ1) is 7.95. The predicted octanol–water partition coefficient (Wildman–Crippen LogP) is 4.40. The van der Waals surface area contributed by atoms with Crippen LogP contribution in [0.15, 0.2) is 17.2 Å². The zero-order valence-corrected chi connectivity index (χ0v) is 10.9. The minimum absolute atomic E-state index is 0.00100. The molecule has 17 heavy (non-hydrogen) atoms. The molecule has 0 atom stereocenters. The van der Waals surface area contributed by atoms with Crippen molar-refractivity contribution < 1.29 is 14.4 Å². The first kappa shape index (κ1) is 14.0. The van der Waals surface area contributed by atoms with Gasteiger partial charge in [0.25, 0.3) is 5.69 Å². The number of azo groups is 1. The van der Waals surface area contributed by atoms with Crippen molar-refractivity contribution in [3.63, 3.8) is 0 Å². The van der Waals surface area contributed by atoms with Crippen LogP contribution in [0, 0.1) is 5.21 Å². The quantitative estimate of drug-likeness (QED) is 0.462. The van der Waals surface area contributed by atoms with Crippen molar-refractivity contribution >= 4 is 46.6 Å². The SMILES string of the molecule is CCOC(=O)N=[N+]([O-])c1c(Cl)cc(Cl)cc1Cl. The molecular weight excluding hydrogens is 290 g/mol. The summed E-state index contributed by atoms with van der Waals surface area (Å²) in [6.07, 6.45) is -1.02. The zero-order chi connectivity index (χ0) is 13.0. The number of hydrogen-bond acceptors (Lipinski definition) is 3. The Bertz CT molecular complexity index is 454. The molecule has 0 unspecified atom stereocenters. The number of benzene rings is 1. The Morgan fingerprint density at radius 2 is 1.94 bits per heavy atom. The maximum Gasteiger partial charge on any atom is 0.492 e. The predicted molar refractivity (Wildman–Crippen MR) is 64.2 cm³/mol. The Hall–Kier alpha value is -1.04. The van der Waals surface area contributed by atoms with E-state index in [1.54, 1.807) is 6.92 Å². The van der Waals surface area contributed by atoms with Crippen LogP contribution in [0.1, 0.15) is 6.92 Å². The Balaban J connectivity index is 3.12. The molecule has 0 radical (unpaired) electrons. The van der Waals surface area contributed by atoms with Crippen molar-refractivity contribution in [2.75, 3.05) is 6.61 Å². The van der Waals surface area contributed by atoms with Crippen molar-refractivity contribution in [1.82, 2.24) is 0 Å². The van der Waals surface area contributed by atoms with Gasteiger partial charge in [-0.25, -0.2) is 4.79 Å². The highest BCUT2D eigenvalue weighted by molar-refractivity contribution is 6.40. The van der Waals surface area contributed by atoms with E-state index in [1.807, 2.05) is 0 Å². The normalized spacial score (nSPS) is 11.4. The van der Waals surface area contributed by atoms with Gasteiger partial charge in [0.05, 0.1) is 11.7 Å². The first-order valence-corrected chi connectivity index (χ1v) is 5.59. The van der Waals surface area contributed by atoms with Crippen LogP contribution >= 0.6 is 34.8 Å². The molecule has 1 rings (SSSR count). The van der Waals surface area contributed by atoms with E-state index in [0.29, 0.717) is 0 Å². The van der Waals surface area contributed by atoms with Gasteiger partial charge in [-0.15, -0.1) is 0 Å². The monoisotopic (exact) mass is 296 g/mol. The second kappa shape index (κ2) is 6.05. The molecule has 0 spiro atoms. The molecule has 92 valence electrons. The molecule has 0 N–H and O–H groups in total. The molecule has 8 heteroatoms. The third-order valence-corrected chi connectivity index (χ3v) is 2.41. The Labute approximate surface area is 112 Å². The summed E-state index contributed by atoms with van der Waals surface area (Å²) in [6.45, 7) is 1.70. The second-order valence-corrected chi connectivity index (χ2v) is 4.04. The van der Waals surface area contributed by atoms with E-state index in [-0.39, 0.29) is 32.2 Å². The van der Waals surface area contributed by atoms with E-state index >= 15 is 0 Å². The Morgan fingerprint density at radius 1 is 1.41 bits per heavy atom. The van der Waals surface area contributed by atoms with Crippen LogP contribution in [0.4, 0.5) is 10.5 Å². The molecule has 0 heterocycles. The van der Waals surface area contributed by atoms with Gasteiger partial charge in [0.2, 0.25) is 0 Å². The topological polar surface area (TPSA) is 64.7 Å². The first-order valence-electron chi connectivity index (χ1n) is 4.46. The number of rotatable bonds is 2. The Kier molecular flexibility index (Phi) is 4.99. The third-order valence-electron chi connectivity index (χ3n) is 1.61. The fraction of sp³-hybridized carbons (Fsp3) is 0.222. The minimum atomic E-state index is -1.02. The minimum Gasteiger partial charge on any atom is -0.594 e. The van der Waals surface area contributed by atoms with Crippen molar-refractivity contribution in [2.24, 2.45) is 5.11 Å². The number of ether oxygens (including phenoxy) is 1. The van der Waals surface area contributed by atoms with Gasteiger partial charge in [-0.1, -0.05) is 34.8 Å². The molecule has 1 aromatic rings. The molecule has 1 aromatic carbocycles. The molecule has 0 aliphatic heterocycles. The van der Waals surface area contributed by atoms with Gasteiger partial charge in [0.1, 0.15) is 10.0 Å². The number of carbonyl (C=O) groups excluding carboxylic acids is 1. The second-order valence-electron chi connectivity index (χ2n) is 2.79. The van der Waals surface area contributed by atoms with Crippen LogP contribution < -0.4 is 0 Å². The summed E-state index contributed by atoms with van der Waals surface area (Å²) < 4.78 is 4.48. The fourth-order valence-electron chi connectivity index (χ4n) is 0.994. The van der Waals surface area contributed by atoms with Crippen LogP contribution in [0.3, 0.4) is 0 Å². The van der Waals surface area contributed by atoms with Crippen LogP contribution in [-0.2, 0) is 4.74 Å². The number of hydrogen-bond donors (Lipinski definition) is 0. The maximum absolute atomic E-state index is 11.5. The van der Waals surface area contributed by atoms with Crippen molar-refractivity contribution in [3.8, 4) is 0 Å². The lowest BCUT2D eigenvalue weighted by Crippen LogP contribution is -2.03. The molecule has 1 amide bonds. The average Bonchev–Trinajstić information content (AvgIpc) is 2.15. The van der Waals surface area contributed by atoms with E-state index in [0.717, 1.165) is 0 Å². The molecule has 0 bridgehead atoms. The largest absolute Gasteiger partial charge is 0.594 e. The Morgan fingerprint density at radius 3 is 2.41 bits per heavy atom. The summed E-state index contributed by atoms with van der Waals surface area (Å²) in [7, 11) is 0. The van der Waals surface area contributed by atoms with E-state index in [4.69, 9.17) is 34.8 Å². The van der Waals surface area contributed by atoms with Gasteiger partial charge >= 0.3 is 6.09 Å². The third kappa shape index (κ3) is 3.73. The van der Waals surface area contributed by atoms with Crippen LogP contribution in [0.2, 0.25) is 15.1 Å². The highest BCUT2D eigenvalue weighted by Crippen LogP contribution is 2.35.